The minimum absolute atomic E-state index is 0.00693. The maximum absolute atomic E-state index is 13.2. The van der Waals surface area contributed by atoms with Gasteiger partial charge >= 0.3 is 5.97 Å². The quantitative estimate of drug-likeness (QED) is 0.634. The zero-order valence-electron chi connectivity index (χ0n) is 9.50. The largest absolute Gasteiger partial charge is 0.469 e. The number of halogens is 2. The number of carbonyl (C=O) groups excluding carboxylic acids is 2. The highest BCUT2D eigenvalue weighted by molar-refractivity contribution is 9.10. The lowest BCUT2D eigenvalue weighted by Gasteiger charge is -2.09. The van der Waals surface area contributed by atoms with E-state index in [1.165, 1.54) is 19.2 Å². The molecule has 17 heavy (non-hydrogen) atoms. The Kier molecular flexibility index (Phi) is 4.81. The molecule has 0 saturated heterocycles. The van der Waals surface area contributed by atoms with Crippen molar-refractivity contribution in [3.05, 3.63) is 34.1 Å². The molecule has 3 nitrogen and oxygen atoms in total. The van der Waals surface area contributed by atoms with E-state index in [0.29, 0.717) is 4.47 Å². The highest BCUT2D eigenvalue weighted by Crippen LogP contribution is 2.19. The molecule has 1 rings (SSSR count). The minimum Gasteiger partial charge on any atom is -0.469 e. The number of ketones is 1. The van der Waals surface area contributed by atoms with Crippen molar-refractivity contribution in [2.24, 2.45) is 5.92 Å². The molecular formula is C12H12BrFO3. The number of methoxy groups -OCH3 is 1. The van der Waals surface area contributed by atoms with Crippen LogP contribution in [0.15, 0.2) is 22.7 Å². The van der Waals surface area contributed by atoms with Crippen LogP contribution in [0.25, 0.3) is 0 Å². The third-order valence-corrected chi connectivity index (χ3v) is 3.00. The topological polar surface area (TPSA) is 43.4 Å². The molecule has 1 unspecified atom stereocenters. The zero-order chi connectivity index (χ0) is 13.0. The van der Waals surface area contributed by atoms with Gasteiger partial charge in [-0.15, -0.1) is 0 Å². The number of rotatable bonds is 4. The van der Waals surface area contributed by atoms with Crippen molar-refractivity contribution >= 4 is 27.7 Å². The fourth-order valence-electron chi connectivity index (χ4n) is 1.36. The standard InChI is InChI=1S/C12H12BrFO3/c1-7(5-11(15)17-2)12(16)8-3-4-9(13)10(14)6-8/h3-4,6-7H,5H2,1-2H3. The van der Waals surface area contributed by atoms with E-state index in [1.807, 2.05) is 0 Å². The molecule has 0 N–H and O–H groups in total. The molecule has 0 aliphatic carbocycles. The van der Waals surface area contributed by atoms with Gasteiger partial charge in [-0.3, -0.25) is 9.59 Å². The van der Waals surface area contributed by atoms with Gasteiger partial charge in [0.2, 0.25) is 0 Å². The van der Waals surface area contributed by atoms with E-state index in [-0.39, 0.29) is 17.8 Å². The Balaban J connectivity index is 2.81. The summed E-state index contributed by atoms with van der Waals surface area (Å²) in [4.78, 5) is 22.9. The van der Waals surface area contributed by atoms with Gasteiger partial charge in [-0.1, -0.05) is 13.0 Å². The fourth-order valence-corrected chi connectivity index (χ4v) is 1.61. The van der Waals surface area contributed by atoms with Crippen molar-refractivity contribution in [1.29, 1.82) is 0 Å². The molecule has 0 bridgehead atoms. The van der Waals surface area contributed by atoms with Crippen LogP contribution in [0.1, 0.15) is 23.7 Å². The Hall–Kier alpha value is -1.23. The van der Waals surface area contributed by atoms with Crippen LogP contribution in [0.2, 0.25) is 0 Å². The molecular weight excluding hydrogens is 291 g/mol. The predicted molar refractivity (Wildman–Crippen MR) is 64.2 cm³/mol. The van der Waals surface area contributed by atoms with Crippen LogP contribution in [0.4, 0.5) is 4.39 Å². The summed E-state index contributed by atoms with van der Waals surface area (Å²) in [5.41, 5.74) is 0.252. The summed E-state index contributed by atoms with van der Waals surface area (Å²) < 4.78 is 18.0. The molecule has 5 heteroatoms. The second-order valence-corrected chi connectivity index (χ2v) is 4.53. The Bertz CT molecular complexity index is 445. The van der Waals surface area contributed by atoms with Gasteiger partial charge < -0.3 is 4.74 Å². The molecule has 1 atom stereocenters. The summed E-state index contributed by atoms with van der Waals surface area (Å²) in [6, 6.07) is 4.14. The fraction of sp³-hybridized carbons (Fsp3) is 0.333. The van der Waals surface area contributed by atoms with Gasteiger partial charge in [-0.2, -0.15) is 0 Å². The number of Topliss-reactive ketones (excluding diaryl/α,β-unsaturated/α-hetero) is 1. The lowest BCUT2D eigenvalue weighted by atomic mass is 9.96. The lowest BCUT2D eigenvalue weighted by Crippen LogP contribution is -2.16. The summed E-state index contributed by atoms with van der Waals surface area (Å²) in [6.07, 6.45) is -0.00693. The van der Waals surface area contributed by atoms with Gasteiger partial charge in [-0.25, -0.2) is 4.39 Å². The number of hydrogen-bond donors (Lipinski definition) is 0. The molecule has 0 fully saturated rings. The SMILES string of the molecule is COC(=O)CC(C)C(=O)c1ccc(Br)c(F)c1. The van der Waals surface area contributed by atoms with E-state index < -0.39 is 17.7 Å². The van der Waals surface area contributed by atoms with Crippen LogP contribution < -0.4 is 0 Å². The second kappa shape index (κ2) is 5.91. The van der Waals surface area contributed by atoms with Crippen molar-refractivity contribution < 1.29 is 18.7 Å². The van der Waals surface area contributed by atoms with Crippen LogP contribution in [0, 0.1) is 11.7 Å². The highest BCUT2D eigenvalue weighted by Gasteiger charge is 2.19. The molecule has 0 amide bonds. The van der Waals surface area contributed by atoms with Crippen molar-refractivity contribution in [3.8, 4) is 0 Å². The molecule has 0 aliphatic rings. The van der Waals surface area contributed by atoms with Crippen LogP contribution in [-0.2, 0) is 9.53 Å². The molecule has 0 heterocycles. The Morgan fingerprint density at radius 1 is 1.47 bits per heavy atom. The first-order chi connectivity index (χ1) is 7.95. The van der Waals surface area contributed by atoms with E-state index in [1.54, 1.807) is 6.92 Å². The molecule has 0 saturated carbocycles. The summed E-state index contributed by atoms with van der Waals surface area (Å²) in [5.74, 6) is -1.76. The smallest absolute Gasteiger partial charge is 0.306 e. The first-order valence-corrected chi connectivity index (χ1v) is 5.81. The average molecular weight is 303 g/mol. The number of carbonyl (C=O) groups is 2. The number of benzene rings is 1. The number of esters is 1. The van der Waals surface area contributed by atoms with E-state index >= 15 is 0 Å². The van der Waals surface area contributed by atoms with Crippen LogP contribution >= 0.6 is 15.9 Å². The third-order valence-electron chi connectivity index (χ3n) is 2.35. The summed E-state index contributed by atoms with van der Waals surface area (Å²) in [6.45, 7) is 1.61. The van der Waals surface area contributed by atoms with Crippen LogP contribution in [-0.4, -0.2) is 18.9 Å². The van der Waals surface area contributed by atoms with E-state index in [9.17, 15) is 14.0 Å². The average Bonchev–Trinajstić information content (AvgIpc) is 2.31. The molecule has 1 aromatic rings. The third kappa shape index (κ3) is 3.63. The summed E-state index contributed by atoms with van der Waals surface area (Å²) >= 11 is 3.01. The Morgan fingerprint density at radius 3 is 2.65 bits per heavy atom. The monoisotopic (exact) mass is 302 g/mol. The first-order valence-electron chi connectivity index (χ1n) is 5.01. The van der Waals surface area contributed by atoms with Gasteiger partial charge in [0.15, 0.2) is 5.78 Å². The number of hydrogen-bond acceptors (Lipinski definition) is 3. The normalized spacial score (nSPS) is 12.0. The Morgan fingerprint density at radius 2 is 2.12 bits per heavy atom. The van der Waals surface area contributed by atoms with Crippen LogP contribution in [0.3, 0.4) is 0 Å². The lowest BCUT2D eigenvalue weighted by molar-refractivity contribution is -0.141. The van der Waals surface area contributed by atoms with Crippen molar-refractivity contribution in [1.82, 2.24) is 0 Å². The molecule has 0 aromatic heterocycles. The van der Waals surface area contributed by atoms with Crippen molar-refractivity contribution in [2.45, 2.75) is 13.3 Å². The second-order valence-electron chi connectivity index (χ2n) is 3.67. The molecule has 92 valence electrons. The van der Waals surface area contributed by atoms with E-state index in [0.717, 1.165) is 6.07 Å². The number of ether oxygens (including phenoxy) is 1. The molecule has 0 radical (unpaired) electrons. The molecule has 0 spiro atoms. The highest BCUT2D eigenvalue weighted by atomic mass is 79.9. The van der Waals surface area contributed by atoms with Crippen molar-refractivity contribution in [3.63, 3.8) is 0 Å². The zero-order valence-corrected chi connectivity index (χ0v) is 11.1. The van der Waals surface area contributed by atoms with E-state index in [2.05, 4.69) is 20.7 Å². The van der Waals surface area contributed by atoms with Gasteiger partial charge in [0, 0.05) is 11.5 Å². The van der Waals surface area contributed by atoms with Gasteiger partial charge in [-0.05, 0) is 28.1 Å². The van der Waals surface area contributed by atoms with Gasteiger partial charge in [0.1, 0.15) is 5.82 Å². The summed E-state index contributed by atoms with van der Waals surface area (Å²) in [5, 5.41) is 0. The predicted octanol–water partition coefficient (Wildman–Crippen LogP) is 2.97. The van der Waals surface area contributed by atoms with Gasteiger partial charge in [0.05, 0.1) is 18.0 Å². The van der Waals surface area contributed by atoms with Crippen LogP contribution in [0.5, 0.6) is 0 Å². The van der Waals surface area contributed by atoms with E-state index in [4.69, 9.17) is 0 Å². The minimum atomic E-state index is -0.525. The summed E-state index contributed by atoms with van der Waals surface area (Å²) in [7, 11) is 1.26. The maximum atomic E-state index is 13.2. The Labute approximate surface area is 107 Å². The molecule has 1 aromatic carbocycles. The molecule has 0 aliphatic heterocycles. The van der Waals surface area contributed by atoms with Gasteiger partial charge in [0.25, 0.3) is 0 Å². The van der Waals surface area contributed by atoms with Crippen molar-refractivity contribution in [2.75, 3.05) is 7.11 Å². The first kappa shape index (κ1) is 13.8. The maximum Gasteiger partial charge on any atom is 0.306 e.